The number of rotatable bonds is 4. The molecular formula is C21H14ClFN4O. The van der Waals surface area contributed by atoms with Crippen molar-refractivity contribution in [3.05, 3.63) is 95.4 Å². The number of aromatic nitrogens is 3. The molecule has 0 saturated carbocycles. The van der Waals surface area contributed by atoms with E-state index >= 15 is 0 Å². The number of para-hydroxylation sites is 1. The number of carbonyl (C=O) groups is 1. The van der Waals surface area contributed by atoms with E-state index < -0.39 is 5.82 Å². The average molecular weight is 393 g/mol. The molecule has 0 unspecified atom stereocenters. The van der Waals surface area contributed by atoms with Crippen LogP contribution in [-0.2, 0) is 0 Å². The second-order valence-electron chi connectivity index (χ2n) is 5.95. The van der Waals surface area contributed by atoms with Crippen molar-refractivity contribution < 1.29 is 9.18 Å². The number of pyridine rings is 1. The molecule has 1 N–H and O–H groups in total. The summed E-state index contributed by atoms with van der Waals surface area (Å²) in [7, 11) is 0. The van der Waals surface area contributed by atoms with Gasteiger partial charge in [-0.2, -0.15) is 5.10 Å². The molecule has 1 amide bonds. The zero-order valence-corrected chi connectivity index (χ0v) is 15.3. The van der Waals surface area contributed by atoms with Crippen LogP contribution in [-0.4, -0.2) is 20.7 Å². The smallest absolute Gasteiger partial charge is 0.256 e. The van der Waals surface area contributed by atoms with Crippen molar-refractivity contribution in [2.24, 2.45) is 0 Å². The third kappa shape index (κ3) is 3.63. The quantitative estimate of drug-likeness (QED) is 0.533. The lowest BCUT2D eigenvalue weighted by Crippen LogP contribution is -2.15. The van der Waals surface area contributed by atoms with Crippen molar-refractivity contribution >= 4 is 23.3 Å². The van der Waals surface area contributed by atoms with Gasteiger partial charge < -0.3 is 5.32 Å². The first-order valence-electron chi connectivity index (χ1n) is 8.45. The maximum absolute atomic E-state index is 13.1. The summed E-state index contributed by atoms with van der Waals surface area (Å²) in [6.07, 6.45) is 1.67. The number of nitrogens with one attached hydrogen (secondary N) is 1. The van der Waals surface area contributed by atoms with E-state index in [2.05, 4.69) is 15.4 Å². The fourth-order valence-corrected chi connectivity index (χ4v) is 2.92. The normalized spacial score (nSPS) is 10.6. The Bertz CT molecular complexity index is 1130. The zero-order chi connectivity index (χ0) is 19.5. The highest BCUT2D eigenvalue weighted by atomic mass is 35.5. The van der Waals surface area contributed by atoms with E-state index in [-0.39, 0.29) is 5.91 Å². The first-order valence-corrected chi connectivity index (χ1v) is 8.83. The van der Waals surface area contributed by atoms with Crippen LogP contribution in [0.2, 0.25) is 5.02 Å². The number of anilines is 1. The summed E-state index contributed by atoms with van der Waals surface area (Å²) in [5.74, 6) is -0.376. The molecule has 138 valence electrons. The van der Waals surface area contributed by atoms with E-state index in [0.717, 1.165) is 0 Å². The van der Waals surface area contributed by atoms with Gasteiger partial charge in [0, 0.05) is 17.8 Å². The Morgan fingerprint density at radius 1 is 0.964 bits per heavy atom. The third-order valence-electron chi connectivity index (χ3n) is 4.07. The van der Waals surface area contributed by atoms with E-state index in [0.29, 0.717) is 33.5 Å². The van der Waals surface area contributed by atoms with Gasteiger partial charge in [-0.3, -0.25) is 9.78 Å². The highest BCUT2D eigenvalue weighted by Gasteiger charge is 2.16. The van der Waals surface area contributed by atoms with Crippen LogP contribution in [0.1, 0.15) is 10.4 Å². The Hall–Kier alpha value is -3.51. The number of carbonyl (C=O) groups excluding carboxylic acids is 1. The SMILES string of the molecule is O=C(Nc1cc(-c2ccccn2)nn1-c1ccccc1Cl)c1ccc(F)cc1. The zero-order valence-electron chi connectivity index (χ0n) is 14.5. The summed E-state index contributed by atoms with van der Waals surface area (Å²) in [5.41, 5.74) is 2.17. The number of benzene rings is 2. The summed E-state index contributed by atoms with van der Waals surface area (Å²) < 4.78 is 14.7. The molecule has 4 aromatic rings. The molecule has 2 aromatic carbocycles. The number of amides is 1. The number of hydrogen-bond acceptors (Lipinski definition) is 3. The highest BCUT2D eigenvalue weighted by Crippen LogP contribution is 2.27. The van der Waals surface area contributed by atoms with Crippen LogP contribution in [0.15, 0.2) is 79.0 Å². The molecule has 7 heteroatoms. The predicted molar refractivity (Wildman–Crippen MR) is 106 cm³/mol. The lowest BCUT2D eigenvalue weighted by Gasteiger charge is -2.10. The topological polar surface area (TPSA) is 59.8 Å². The summed E-state index contributed by atoms with van der Waals surface area (Å²) in [6.45, 7) is 0. The maximum atomic E-state index is 13.1. The molecule has 2 heterocycles. The van der Waals surface area contributed by atoms with Gasteiger partial charge in [-0.25, -0.2) is 9.07 Å². The van der Waals surface area contributed by atoms with Crippen LogP contribution in [0.4, 0.5) is 10.2 Å². The Balaban J connectivity index is 1.76. The molecule has 28 heavy (non-hydrogen) atoms. The van der Waals surface area contributed by atoms with Crippen molar-refractivity contribution in [3.63, 3.8) is 0 Å². The molecule has 2 aromatic heterocycles. The minimum atomic E-state index is -0.407. The maximum Gasteiger partial charge on any atom is 0.256 e. The van der Waals surface area contributed by atoms with Crippen molar-refractivity contribution in [1.29, 1.82) is 0 Å². The molecule has 0 saturated heterocycles. The van der Waals surface area contributed by atoms with Gasteiger partial charge in [0.05, 0.1) is 16.4 Å². The second-order valence-corrected chi connectivity index (χ2v) is 6.36. The standard InChI is InChI=1S/C21H14ClFN4O/c22-16-5-1-2-7-19(16)27-20(13-18(26-27)17-6-3-4-12-24-17)25-21(28)14-8-10-15(23)11-9-14/h1-13H,(H,25,28). The first-order chi connectivity index (χ1) is 13.6. The van der Waals surface area contributed by atoms with Gasteiger partial charge in [0.2, 0.25) is 0 Å². The first kappa shape index (κ1) is 17.9. The van der Waals surface area contributed by atoms with Gasteiger partial charge >= 0.3 is 0 Å². The number of nitrogens with zero attached hydrogens (tertiary/aromatic N) is 3. The van der Waals surface area contributed by atoms with Gasteiger partial charge in [0.15, 0.2) is 0 Å². The molecular weight excluding hydrogens is 379 g/mol. The lowest BCUT2D eigenvalue weighted by molar-refractivity contribution is 0.102. The molecule has 0 spiro atoms. The molecule has 0 aliphatic rings. The van der Waals surface area contributed by atoms with Crippen LogP contribution < -0.4 is 5.32 Å². The highest BCUT2D eigenvalue weighted by molar-refractivity contribution is 6.32. The summed E-state index contributed by atoms with van der Waals surface area (Å²) in [4.78, 5) is 16.9. The lowest BCUT2D eigenvalue weighted by atomic mass is 10.2. The fourth-order valence-electron chi connectivity index (χ4n) is 2.71. The minimum absolute atomic E-state index is 0.327. The molecule has 5 nitrogen and oxygen atoms in total. The van der Waals surface area contributed by atoms with E-state index in [1.54, 1.807) is 29.1 Å². The average Bonchev–Trinajstić information content (AvgIpc) is 3.13. The monoisotopic (exact) mass is 392 g/mol. The van der Waals surface area contributed by atoms with Crippen molar-refractivity contribution in [3.8, 4) is 17.1 Å². The Kier molecular flexibility index (Phi) is 4.87. The van der Waals surface area contributed by atoms with Crippen LogP contribution in [0, 0.1) is 5.82 Å². The van der Waals surface area contributed by atoms with Gasteiger partial charge in [-0.15, -0.1) is 0 Å². The molecule has 0 bridgehead atoms. The van der Waals surface area contributed by atoms with Crippen molar-refractivity contribution in [2.75, 3.05) is 5.32 Å². The molecule has 0 atom stereocenters. The Morgan fingerprint density at radius 2 is 1.71 bits per heavy atom. The predicted octanol–water partition coefficient (Wildman–Crippen LogP) is 4.98. The van der Waals surface area contributed by atoms with Crippen LogP contribution >= 0.6 is 11.6 Å². The van der Waals surface area contributed by atoms with Crippen LogP contribution in [0.25, 0.3) is 17.1 Å². The van der Waals surface area contributed by atoms with Crippen LogP contribution in [0.5, 0.6) is 0 Å². The Morgan fingerprint density at radius 3 is 2.43 bits per heavy atom. The Labute approximate surface area is 165 Å². The van der Waals surface area contributed by atoms with Gasteiger partial charge in [0.25, 0.3) is 5.91 Å². The molecule has 4 rings (SSSR count). The minimum Gasteiger partial charge on any atom is -0.306 e. The van der Waals surface area contributed by atoms with Gasteiger partial charge in [-0.05, 0) is 48.5 Å². The van der Waals surface area contributed by atoms with E-state index in [1.807, 2.05) is 30.3 Å². The van der Waals surface area contributed by atoms with Gasteiger partial charge in [0.1, 0.15) is 17.3 Å². The third-order valence-corrected chi connectivity index (χ3v) is 4.38. The molecule has 0 fully saturated rings. The summed E-state index contributed by atoms with van der Waals surface area (Å²) in [5, 5.41) is 7.86. The number of hydrogen-bond donors (Lipinski definition) is 1. The molecule has 0 aliphatic heterocycles. The van der Waals surface area contributed by atoms with Crippen molar-refractivity contribution in [1.82, 2.24) is 14.8 Å². The van der Waals surface area contributed by atoms with E-state index in [9.17, 15) is 9.18 Å². The molecule has 0 aliphatic carbocycles. The fraction of sp³-hybridized carbons (Fsp3) is 0. The number of halogens is 2. The van der Waals surface area contributed by atoms with Gasteiger partial charge in [-0.1, -0.05) is 29.8 Å². The molecule has 0 radical (unpaired) electrons. The summed E-state index contributed by atoms with van der Waals surface area (Å²) >= 11 is 6.33. The van der Waals surface area contributed by atoms with Crippen molar-refractivity contribution in [2.45, 2.75) is 0 Å². The summed E-state index contributed by atoms with van der Waals surface area (Å²) in [6, 6.07) is 19.7. The van der Waals surface area contributed by atoms with Crippen LogP contribution in [0.3, 0.4) is 0 Å². The second kappa shape index (κ2) is 7.62. The van der Waals surface area contributed by atoms with E-state index in [1.165, 1.54) is 24.3 Å². The van der Waals surface area contributed by atoms with E-state index in [4.69, 9.17) is 11.6 Å². The largest absolute Gasteiger partial charge is 0.306 e.